The van der Waals surface area contributed by atoms with Crippen LogP contribution in [0.2, 0.25) is 0 Å². The monoisotopic (exact) mass is 595 g/mol. The van der Waals surface area contributed by atoms with Gasteiger partial charge in [0.05, 0.1) is 4.90 Å². The van der Waals surface area contributed by atoms with E-state index in [-0.39, 0.29) is 41.8 Å². The summed E-state index contributed by atoms with van der Waals surface area (Å²) in [6.45, 7) is 1.67. The third-order valence-electron chi connectivity index (χ3n) is 8.20. The van der Waals surface area contributed by atoms with Crippen molar-refractivity contribution in [3.63, 3.8) is 0 Å². The topological polar surface area (TPSA) is 74.7 Å². The molecule has 1 atom stereocenters. The minimum atomic E-state index is -6.11. The fraction of sp³-hybridized carbons (Fsp3) is 0.519. The number of likely N-dealkylation sites (tertiary alicyclic amines) is 1. The van der Waals surface area contributed by atoms with Gasteiger partial charge in [-0.05, 0) is 67.9 Å². The number of hydrogen-bond acceptors (Lipinski definition) is 4. The Morgan fingerprint density at radius 1 is 0.900 bits per heavy atom. The molecule has 220 valence electrons. The summed E-state index contributed by atoms with van der Waals surface area (Å²) in [7, 11) is -4.45. The molecule has 13 heteroatoms. The lowest BCUT2D eigenvalue weighted by atomic mass is 9.82. The second kappa shape index (κ2) is 10.3. The molecular weight excluding hydrogens is 567 g/mol. The van der Waals surface area contributed by atoms with Crippen LogP contribution in [0.15, 0.2) is 53.4 Å². The molecule has 0 spiro atoms. The van der Waals surface area contributed by atoms with Gasteiger partial charge in [0.1, 0.15) is 10.6 Å². The molecule has 5 nitrogen and oxygen atoms in total. The Hall–Kier alpha value is -2.67. The first-order valence-electron chi connectivity index (χ1n) is 12.7. The molecule has 0 aromatic heterocycles. The van der Waals surface area contributed by atoms with E-state index in [4.69, 9.17) is 0 Å². The van der Waals surface area contributed by atoms with Crippen LogP contribution in [0, 0.1) is 17.7 Å². The average Bonchev–Trinajstić information content (AvgIpc) is 3.35. The van der Waals surface area contributed by atoms with Crippen molar-refractivity contribution in [2.45, 2.75) is 66.6 Å². The molecule has 2 aromatic carbocycles. The molecule has 1 saturated heterocycles. The number of alkyl halides is 6. The van der Waals surface area contributed by atoms with E-state index >= 15 is 0 Å². The Balaban J connectivity index is 1.78. The van der Waals surface area contributed by atoms with Crippen molar-refractivity contribution in [1.29, 1.82) is 0 Å². The quantitative estimate of drug-likeness (QED) is 0.347. The van der Waals surface area contributed by atoms with Gasteiger partial charge in [-0.2, -0.15) is 26.3 Å². The predicted octanol–water partition coefficient (Wildman–Crippen LogP) is 5.87. The van der Waals surface area contributed by atoms with E-state index in [1.165, 1.54) is 4.90 Å². The minimum absolute atomic E-state index is 0.0118. The number of nitrogens with zero attached hydrogens (tertiary/aromatic N) is 1. The van der Waals surface area contributed by atoms with Gasteiger partial charge in [-0.1, -0.05) is 31.2 Å². The highest BCUT2D eigenvalue weighted by Crippen LogP contribution is 2.51. The van der Waals surface area contributed by atoms with Crippen molar-refractivity contribution >= 4 is 15.7 Å². The van der Waals surface area contributed by atoms with Crippen molar-refractivity contribution in [3.05, 3.63) is 65.5 Å². The first-order chi connectivity index (χ1) is 18.4. The van der Waals surface area contributed by atoms with Crippen LogP contribution in [0.25, 0.3) is 0 Å². The number of aliphatic hydroxyl groups is 1. The molecule has 2 aliphatic rings. The van der Waals surface area contributed by atoms with Gasteiger partial charge in [-0.25, -0.2) is 12.8 Å². The van der Waals surface area contributed by atoms with Crippen LogP contribution < -0.4 is 0 Å². The lowest BCUT2D eigenvalue weighted by Gasteiger charge is -2.34. The summed E-state index contributed by atoms with van der Waals surface area (Å²) in [5.74, 6) is -0.850. The van der Waals surface area contributed by atoms with Crippen LogP contribution in [0.3, 0.4) is 0 Å². The number of benzene rings is 2. The van der Waals surface area contributed by atoms with Gasteiger partial charge in [-0.3, -0.25) is 4.79 Å². The molecule has 1 heterocycles. The molecule has 2 fully saturated rings. The molecule has 1 amide bonds. The van der Waals surface area contributed by atoms with E-state index in [0.717, 1.165) is 49.2 Å². The standard InChI is InChI=1S/C27H28F7NO4S/c1-17-2-4-18(5-3-17)23(36)35-15-14-24(16-35,40(38,39)22-12-10-21(28)11-13-22)19-6-8-20(9-7-19)25(37,26(29,30)31)27(32,33)34/h6-13,17-18,37H,2-5,14-16H2,1H3/t17-,18-,24-/m0/s1. The van der Waals surface area contributed by atoms with Crippen LogP contribution in [0.4, 0.5) is 30.7 Å². The fourth-order valence-electron chi connectivity index (χ4n) is 5.69. The van der Waals surface area contributed by atoms with Crippen molar-refractivity contribution in [1.82, 2.24) is 4.90 Å². The Labute approximate surface area is 226 Å². The third-order valence-corrected chi connectivity index (χ3v) is 10.7. The molecular formula is C27H28F7NO4S. The highest BCUT2D eigenvalue weighted by molar-refractivity contribution is 7.92. The van der Waals surface area contributed by atoms with Gasteiger partial charge in [0, 0.05) is 24.6 Å². The maximum Gasteiger partial charge on any atom is 0.430 e. The van der Waals surface area contributed by atoms with Crippen LogP contribution in [0.1, 0.15) is 50.2 Å². The van der Waals surface area contributed by atoms with E-state index in [0.29, 0.717) is 30.9 Å². The van der Waals surface area contributed by atoms with Gasteiger partial charge >= 0.3 is 12.4 Å². The van der Waals surface area contributed by atoms with Crippen molar-refractivity contribution in [3.8, 4) is 0 Å². The molecule has 1 aliphatic heterocycles. The van der Waals surface area contributed by atoms with E-state index in [2.05, 4.69) is 6.92 Å². The number of amides is 1. The maximum absolute atomic E-state index is 14.0. The lowest BCUT2D eigenvalue weighted by Crippen LogP contribution is -2.54. The Morgan fingerprint density at radius 2 is 1.43 bits per heavy atom. The Bertz CT molecular complexity index is 1320. The van der Waals surface area contributed by atoms with E-state index in [9.17, 15) is 49.1 Å². The number of hydrogen-bond donors (Lipinski definition) is 1. The van der Waals surface area contributed by atoms with Crippen molar-refractivity contribution < 1.29 is 49.1 Å². The number of carbonyl (C=O) groups excluding carboxylic acids is 1. The smallest absolute Gasteiger partial charge is 0.369 e. The Kier molecular flexibility index (Phi) is 7.81. The molecule has 0 bridgehead atoms. The number of rotatable bonds is 5. The predicted molar refractivity (Wildman–Crippen MR) is 130 cm³/mol. The van der Waals surface area contributed by atoms with Gasteiger partial charge in [-0.15, -0.1) is 0 Å². The molecule has 2 aromatic rings. The second-order valence-corrected chi connectivity index (χ2v) is 13.0. The summed E-state index contributed by atoms with van der Waals surface area (Å²) < 4.78 is 120. The summed E-state index contributed by atoms with van der Waals surface area (Å²) in [5, 5.41) is 9.76. The van der Waals surface area contributed by atoms with Crippen LogP contribution in [-0.4, -0.2) is 49.8 Å². The van der Waals surface area contributed by atoms with Crippen molar-refractivity contribution in [2.24, 2.45) is 11.8 Å². The molecule has 0 unspecified atom stereocenters. The zero-order valence-corrected chi connectivity index (χ0v) is 22.2. The largest absolute Gasteiger partial charge is 0.430 e. The summed E-state index contributed by atoms with van der Waals surface area (Å²) in [6, 6.07) is 6.25. The first-order valence-corrected chi connectivity index (χ1v) is 14.2. The summed E-state index contributed by atoms with van der Waals surface area (Å²) in [6.07, 6.45) is -9.52. The fourth-order valence-corrected chi connectivity index (χ4v) is 7.77. The highest BCUT2D eigenvalue weighted by atomic mass is 32.2. The number of carbonyl (C=O) groups is 1. The highest BCUT2D eigenvalue weighted by Gasteiger charge is 2.71. The summed E-state index contributed by atoms with van der Waals surface area (Å²) >= 11 is 0. The zero-order valence-electron chi connectivity index (χ0n) is 21.4. The second-order valence-electron chi connectivity index (χ2n) is 10.7. The van der Waals surface area contributed by atoms with E-state index < -0.39 is 43.9 Å². The van der Waals surface area contributed by atoms with Gasteiger partial charge < -0.3 is 10.0 Å². The normalized spacial score (nSPS) is 24.8. The average molecular weight is 596 g/mol. The lowest BCUT2D eigenvalue weighted by molar-refractivity contribution is -0.376. The molecule has 1 saturated carbocycles. The summed E-state index contributed by atoms with van der Waals surface area (Å²) in [4.78, 5) is 14.4. The van der Waals surface area contributed by atoms with Gasteiger partial charge in [0.25, 0.3) is 5.60 Å². The number of sulfone groups is 1. The zero-order chi connectivity index (χ0) is 29.7. The van der Waals surface area contributed by atoms with Crippen LogP contribution >= 0.6 is 0 Å². The molecule has 0 radical (unpaired) electrons. The Morgan fingerprint density at radius 3 is 1.93 bits per heavy atom. The molecule has 4 rings (SSSR count). The SMILES string of the molecule is C[C@H]1CC[C@H](C(=O)N2CC[C@](c3ccc(C(O)(C(F)(F)F)C(F)(F)F)cc3)(S(=O)(=O)c3ccc(F)cc3)C2)CC1. The molecule has 40 heavy (non-hydrogen) atoms. The maximum atomic E-state index is 14.0. The van der Waals surface area contributed by atoms with Crippen LogP contribution in [0.5, 0.6) is 0 Å². The first kappa shape index (κ1) is 30.3. The van der Waals surface area contributed by atoms with Crippen molar-refractivity contribution in [2.75, 3.05) is 13.1 Å². The molecule has 1 aliphatic carbocycles. The van der Waals surface area contributed by atoms with Crippen LogP contribution in [-0.2, 0) is 25.0 Å². The van der Waals surface area contributed by atoms with Gasteiger partial charge in [0.2, 0.25) is 5.91 Å². The van der Waals surface area contributed by atoms with Gasteiger partial charge in [0.15, 0.2) is 9.84 Å². The third kappa shape index (κ3) is 4.99. The van der Waals surface area contributed by atoms with E-state index in [1.807, 2.05) is 0 Å². The van der Waals surface area contributed by atoms with E-state index in [1.54, 1.807) is 0 Å². The minimum Gasteiger partial charge on any atom is -0.369 e. The number of halogens is 7. The summed E-state index contributed by atoms with van der Waals surface area (Å²) in [5.41, 5.74) is -6.87. The molecule has 1 N–H and O–H groups in total.